The van der Waals surface area contributed by atoms with Crippen molar-refractivity contribution in [2.75, 3.05) is 0 Å². The molecule has 0 spiro atoms. The molecular weight excluding hydrogens is 224 g/mol. The van der Waals surface area contributed by atoms with E-state index in [-0.39, 0.29) is 5.92 Å². The molecule has 1 N–H and O–H groups in total. The summed E-state index contributed by atoms with van der Waals surface area (Å²) in [6.45, 7) is 13.2. The highest BCUT2D eigenvalue weighted by Crippen LogP contribution is 2.34. The molecular formula is C15H24OSi. The van der Waals surface area contributed by atoms with Crippen LogP contribution in [0.15, 0.2) is 42.1 Å². The Kier molecular flexibility index (Phi) is 4.72. The van der Waals surface area contributed by atoms with Gasteiger partial charge in [0.05, 0.1) is 14.2 Å². The van der Waals surface area contributed by atoms with Gasteiger partial charge < -0.3 is 5.11 Å². The Balaban J connectivity index is 2.93. The van der Waals surface area contributed by atoms with Crippen molar-refractivity contribution in [2.24, 2.45) is 5.92 Å². The first-order valence-electron chi connectivity index (χ1n) is 6.30. The molecule has 1 aromatic rings. The summed E-state index contributed by atoms with van der Waals surface area (Å²) in [7, 11) is -1.39. The molecule has 0 saturated carbocycles. The Morgan fingerprint density at radius 3 is 2.18 bits per heavy atom. The maximum Gasteiger partial charge on any atom is 0.0851 e. The zero-order valence-electron chi connectivity index (χ0n) is 11.4. The minimum atomic E-state index is -1.39. The van der Waals surface area contributed by atoms with Crippen molar-refractivity contribution < 1.29 is 5.11 Å². The van der Waals surface area contributed by atoms with Crippen LogP contribution in [0.5, 0.6) is 0 Å². The van der Waals surface area contributed by atoms with Crippen LogP contribution in [-0.2, 0) is 0 Å². The largest absolute Gasteiger partial charge is 0.388 e. The van der Waals surface area contributed by atoms with E-state index in [1.54, 1.807) is 0 Å². The van der Waals surface area contributed by atoms with Crippen molar-refractivity contribution in [2.45, 2.75) is 39.1 Å². The Morgan fingerprint density at radius 2 is 1.76 bits per heavy atom. The Hall–Kier alpha value is -0.863. The van der Waals surface area contributed by atoms with E-state index < -0.39 is 14.2 Å². The lowest BCUT2D eigenvalue weighted by Gasteiger charge is -2.31. The molecule has 0 aliphatic heterocycles. The Bertz CT molecular complexity index is 364. The van der Waals surface area contributed by atoms with Crippen LogP contribution in [0.25, 0.3) is 0 Å². The van der Waals surface area contributed by atoms with Gasteiger partial charge in [-0.1, -0.05) is 62.1 Å². The molecule has 0 saturated heterocycles. The van der Waals surface area contributed by atoms with Crippen LogP contribution in [0.3, 0.4) is 0 Å². The fraction of sp³-hybridized carbons (Fsp3) is 0.467. The van der Waals surface area contributed by atoms with E-state index in [0.29, 0.717) is 0 Å². The number of benzene rings is 1. The van der Waals surface area contributed by atoms with E-state index in [2.05, 4.69) is 33.1 Å². The fourth-order valence-electron chi connectivity index (χ4n) is 2.10. The van der Waals surface area contributed by atoms with Gasteiger partial charge in [-0.3, -0.25) is 0 Å². The predicted molar refractivity (Wildman–Crippen MR) is 77.7 cm³/mol. The highest BCUT2D eigenvalue weighted by Gasteiger charge is 2.29. The first kappa shape index (κ1) is 14.2. The third kappa shape index (κ3) is 3.55. The number of rotatable bonds is 5. The van der Waals surface area contributed by atoms with Gasteiger partial charge in [0, 0.05) is 5.92 Å². The molecule has 2 heteroatoms. The summed E-state index contributed by atoms with van der Waals surface area (Å²) in [6, 6.07) is 9.91. The van der Waals surface area contributed by atoms with Crippen molar-refractivity contribution in [1.82, 2.24) is 0 Å². The maximum absolute atomic E-state index is 10.5. The van der Waals surface area contributed by atoms with Crippen molar-refractivity contribution in [3.05, 3.63) is 47.7 Å². The lowest BCUT2D eigenvalue weighted by atomic mass is 9.93. The zero-order chi connectivity index (χ0) is 13.1. The summed E-state index contributed by atoms with van der Waals surface area (Å²) in [5, 5.41) is 11.7. The first-order chi connectivity index (χ1) is 7.88. The van der Waals surface area contributed by atoms with E-state index in [1.807, 2.05) is 30.3 Å². The lowest BCUT2D eigenvalue weighted by Crippen LogP contribution is -2.31. The lowest BCUT2D eigenvalue weighted by molar-refractivity contribution is 0.127. The summed E-state index contributed by atoms with van der Waals surface area (Å²) in [5.74, 6) is 0.184. The summed E-state index contributed by atoms with van der Waals surface area (Å²) in [5.41, 5.74) is 0.999. The molecule has 0 amide bonds. The number of hydrogen-bond donors (Lipinski definition) is 1. The van der Waals surface area contributed by atoms with E-state index in [4.69, 9.17) is 0 Å². The molecule has 0 aromatic heterocycles. The third-order valence-corrected chi connectivity index (χ3v) is 5.67. The van der Waals surface area contributed by atoms with Gasteiger partial charge in [-0.15, -0.1) is 6.58 Å². The summed E-state index contributed by atoms with van der Waals surface area (Å²) < 4.78 is 0. The molecule has 94 valence electrons. The van der Waals surface area contributed by atoms with Gasteiger partial charge in [-0.2, -0.15) is 0 Å². The average molecular weight is 248 g/mol. The SMILES string of the molecule is C=C([C@@H](CC)[C@@H](O)c1ccccc1)[Si](C)(C)C. The average Bonchev–Trinajstić information content (AvgIpc) is 2.29. The van der Waals surface area contributed by atoms with Crippen LogP contribution in [0, 0.1) is 5.92 Å². The summed E-state index contributed by atoms with van der Waals surface area (Å²) in [4.78, 5) is 0. The number of aliphatic hydroxyl groups excluding tert-OH is 1. The van der Waals surface area contributed by atoms with Crippen molar-refractivity contribution in [1.29, 1.82) is 0 Å². The van der Waals surface area contributed by atoms with Crippen molar-refractivity contribution >= 4 is 8.07 Å². The highest BCUT2D eigenvalue weighted by molar-refractivity contribution is 6.83. The van der Waals surface area contributed by atoms with Crippen LogP contribution in [0.2, 0.25) is 19.6 Å². The second kappa shape index (κ2) is 5.65. The molecule has 1 rings (SSSR count). The first-order valence-corrected chi connectivity index (χ1v) is 9.80. The van der Waals surface area contributed by atoms with Gasteiger partial charge in [0.25, 0.3) is 0 Å². The standard InChI is InChI=1S/C15H24OSi/c1-6-14(12(2)17(3,4)5)15(16)13-10-8-7-9-11-13/h7-11,14-16H,2,6H2,1,3-5H3/t14-,15+/m1/s1. The molecule has 1 nitrogen and oxygen atoms in total. The van der Waals surface area contributed by atoms with Gasteiger partial charge >= 0.3 is 0 Å². The minimum absolute atomic E-state index is 0.184. The van der Waals surface area contributed by atoms with Crippen molar-refractivity contribution in [3.63, 3.8) is 0 Å². The summed E-state index contributed by atoms with van der Waals surface area (Å²) >= 11 is 0. The zero-order valence-corrected chi connectivity index (χ0v) is 12.4. The number of aliphatic hydroxyl groups is 1. The van der Waals surface area contributed by atoms with Crippen LogP contribution in [0.4, 0.5) is 0 Å². The van der Waals surface area contributed by atoms with E-state index in [1.165, 1.54) is 5.20 Å². The van der Waals surface area contributed by atoms with Crippen LogP contribution >= 0.6 is 0 Å². The van der Waals surface area contributed by atoms with E-state index in [9.17, 15) is 5.11 Å². The van der Waals surface area contributed by atoms with Gasteiger partial charge in [-0.25, -0.2) is 0 Å². The minimum Gasteiger partial charge on any atom is -0.388 e. The van der Waals surface area contributed by atoms with E-state index in [0.717, 1.165) is 12.0 Å². The molecule has 0 fully saturated rings. The maximum atomic E-state index is 10.5. The highest BCUT2D eigenvalue weighted by atomic mass is 28.3. The normalized spacial score (nSPS) is 15.4. The van der Waals surface area contributed by atoms with Crippen LogP contribution in [-0.4, -0.2) is 13.2 Å². The molecule has 1 aromatic carbocycles. The van der Waals surface area contributed by atoms with Crippen molar-refractivity contribution in [3.8, 4) is 0 Å². The second-order valence-electron chi connectivity index (χ2n) is 5.65. The summed E-state index contributed by atoms with van der Waals surface area (Å²) in [6.07, 6.45) is 0.527. The molecule has 0 aliphatic carbocycles. The Labute approximate surface area is 106 Å². The molecule has 2 atom stereocenters. The molecule has 0 unspecified atom stereocenters. The Morgan fingerprint density at radius 1 is 1.24 bits per heavy atom. The fourth-order valence-corrected chi connectivity index (χ4v) is 3.57. The molecule has 17 heavy (non-hydrogen) atoms. The number of hydrogen-bond acceptors (Lipinski definition) is 1. The van der Waals surface area contributed by atoms with Crippen LogP contribution in [0.1, 0.15) is 25.0 Å². The molecule has 0 aliphatic rings. The monoisotopic (exact) mass is 248 g/mol. The third-order valence-electron chi connectivity index (χ3n) is 3.37. The van der Waals surface area contributed by atoms with Gasteiger partial charge in [-0.05, 0) is 12.0 Å². The molecule has 0 radical (unpaired) electrons. The van der Waals surface area contributed by atoms with E-state index >= 15 is 0 Å². The van der Waals surface area contributed by atoms with Crippen LogP contribution < -0.4 is 0 Å². The second-order valence-corrected chi connectivity index (χ2v) is 10.8. The van der Waals surface area contributed by atoms with Gasteiger partial charge in [0.1, 0.15) is 0 Å². The smallest absolute Gasteiger partial charge is 0.0851 e. The predicted octanol–water partition coefficient (Wildman–Crippen LogP) is 4.18. The quantitative estimate of drug-likeness (QED) is 0.775. The molecule has 0 bridgehead atoms. The van der Waals surface area contributed by atoms with Gasteiger partial charge in [0.2, 0.25) is 0 Å². The molecule has 0 heterocycles. The topological polar surface area (TPSA) is 20.2 Å². The van der Waals surface area contributed by atoms with Gasteiger partial charge in [0.15, 0.2) is 0 Å².